The molecule has 2 aromatic carbocycles. The van der Waals surface area contributed by atoms with Crippen LogP contribution in [0.15, 0.2) is 36.4 Å². The fourth-order valence-corrected chi connectivity index (χ4v) is 4.77. The second-order valence-corrected chi connectivity index (χ2v) is 8.32. The lowest BCUT2D eigenvalue weighted by atomic mass is 9.94. The molecule has 0 saturated heterocycles. The van der Waals surface area contributed by atoms with Crippen LogP contribution in [0.4, 0.5) is 4.39 Å². The van der Waals surface area contributed by atoms with Crippen LogP contribution in [0, 0.1) is 5.82 Å². The highest BCUT2D eigenvalue weighted by molar-refractivity contribution is 5.94. The number of benzene rings is 2. The van der Waals surface area contributed by atoms with Crippen molar-refractivity contribution < 1.29 is 18.7 Å². The SMILES string of the molecule is COc1cc2c(cc1OC)CN(C(=O)c1nn(-c3ccc(F)cc3)c3c1CCCC3)CC2. The quantitative estimate of drug-likeness (QED) is 0.619. The van der Waals surface area contributed by atoms with E-state index in [1.165, 1.54) is 17.7 Å². The summed E-state index contributed by atoms with van der Waals surface area (Å²) in [6.07, 6.45) is 4.57. The molecule has 2 aliphatic rings. The number of nitrogens with zero attached hydrogens (tertiary/aromatic N) is 3. The zero-order valence-electron chi connectivity index (χ0n) is 18.4. The first-order valence-corrected chi connectivity index (χ1v) is 11.0. The van der Waals surface area contributed by atoms with Gasteiger partial charge in [0.25, 0.3) is 5.91 Å². The van der Waals surface area contributed by atoms with E-state index in [0.29, 0.717) is 30.3 Å². The summed E-state index contributed by atoms with van der Waals surface area (Å²) in [5.74, 6) is 1.03. The Bertz CT molecular complexity index is 1170. The van der Waals surface area contributed by atoms with E-state index >= 15 is 0 Å². The van der Waals surface area contributed by atoms with Crippen molar-refractivity contribution in [2.24, 2.45) is 0 Å². The van der Waals surface area contributed by atoms with Gasteiger partial charge in [-0.2, -0.15) is 5.10 Å². The van der Waals surface area contributed by atoms with Gasteiger partial charge in [0.15, 0.2) is 17.2 Å². The molecule has 32 heavy (non-hydrogen) atoms. The van der Waals surface area contributed by atoms with Crippen molar-refractivity contribution >= 4 is 5.91 Å². The third-order valence-corrected chi connectivity index (χ3v) is 6.46. The predicted molar refractivity (Wildman–Crippen MR) is 118 cm³/mol. The van der Waals surface area contributed by atoms with Gasteiger partial charge in [-0.15, -0.1) is 0 Å². The highest BCUT2D eigenvalue weighted by atomic mass is 19.1. The van der Waals surface area contributed by atoms with E-state index in [0.717, 1.165) is 54.6 Å². The summed E-state index contributed by atoms with van der Waals surface area (Å²) in [5.41, 5.74) is 5.63. The monoisotopic (exact) mass is 435 g/mol. The van der Waals surface area contributed by atoms with Crippen LogP contribution in [0.3, 0.4) is 0 Å². The van der Waals surface area contributed by atoms with Crippen molar-refractivity contribution in [2.75, 3.05) is 20.8 Å². The Morgan fingerprint density at radius 1 is 0.969 bits per heavy atom. The second kappa shape index (κ2) is 8.30. The minimum Gasteiger partial charge on any atom is -0.493 e. The maximum absolute atomic E-state index is 13.6. The molecule has 0 spiro atoms. The van der Waals surface area contributed by atoms with Crippen molar-refractivity contribution in [1.82, 2.24) is 14.7 Å². The van der Waals surface area contributed by atoms with E-state index in [9.17, 15) is 9.18 Å². The van der Waals surface area contributed by atoms with Crippen molar-refractivity contribution in [3.05, 3.63) is 70.3 Å². The first-order valence-electron chi connectivity index (χ1n) is 11.0. The van der Waals surface area contributed by atoms with Gasteiger partial charge in [0.05, 0.1) is 19.9 Å². The predicted octanol–water partition coefficient (Wildman–Crippen LogP) is 4.11. The Kier molecular flexibility index (Phi) is 5.33. The molecule has 1 aliphatic carbocycles. The van der Waals surface area contributed by atoms with E-state index in [2.05, 4.69) is 0 Å². The number of hydrogen-bond acceptors (Lipinski definition) is 4. The number of hydrogen-bond donors (Lipinski definition) is 0. The molecule has 0 bridgehead atoms. The smallest absolute Gasteiger partial charge is 0.274 e. The first-order chi connectivity index (χ1) is 15.6. The summed E-state index contributed by atoms with van der Waals surface area (Å²) < 4.78 is 26.1. The van der Waals surface area contributed by atoms with E-state index in [1.54, 1.807) is 26.4 Å². The lowest BCUT2D eigenvalue weighted by molar-refractivity contribution is 0.0726. The number of methoxy groups -OCH3 is 2. The van der Waals surface area contributed by atoms with Crippen LogP contribution in [0.2, 0.25) is 0 Å². The Hall–Kier alpha value is -3.35. The number of amides is 1. The zero-order valence-corrected chi connectivity index (χ0v) is 18.4. The first kappa shape index (κ1) is 20.5. The van der Waals surface area contributed by atoms with Crippen LogP contribution in [-0.2, 0) is 25.8 Å². The summed E-state index contributed by atoms with van der Waals surface area (Å²) >= 11 is 0. The van der Waals surface area contributed by atoms with Crippen molar-refractivity contribution in [2.45, 2.75) is 38.6 Å². The third-order valence-electron chi connectivity index (χ3n) is 6.46. The van der Waals surface area contributed by atoms with E-state index in [-0.39, 0.29) is 11.7 Å². The summed E-state index contributed by atoms with van der Waals surface area (Å²) in [5, 5.41) is 4.74. The molecule has 1 aromatic heterocycles. The number of halogens is 1. The van der Waals surface area contributed by atoms with Gasteiger partial charge in [-0.05, 0) is 79.6 Å². The normalized spacial score (nSPS) is 15.2. The molecule has 1 aliphatic heterocycles. The molecule has 166 valence electrons. The van der Waals surface area contributed by atoms with Crippen LogP contribution in [0.1, 0.15) is 45.7 Å². The minimum atomic E-state index is -0.287. The molecule has 0 atom stereocenters. The molecule has 0 radical (unpaired) electrons. The van der Waals surface area contributed by atoms with Crippen LogP contribution >= 0.6 is 0 Å². The largest absolute Gasteiger partial charge is 0.493 e. The minimum absolute atomic E-state index is 0.0514. The molecule has 1 amide bonds. The summed E-state index contributed by atoms with van der Waals surface area (Å²) in [6.45, 7) is 1.13. The van der Waals surface area contributed by atoms with Gasteiger partial charge in [0.2, 0.25) is 0 Å². The molecular formula is C25H26FN3O3. The summed E-state index contributed by atoms with van der Waals surface area (Å²) in [6, 6.07) is 10.2. The van der Waals surface area contributed by atoms with Crippen LogP contribution in [0.5, 0.6) is 11.5 Å². The van der Waals surface area contributed by atoms with Gasteiger partial charge in [0, 0.05) is 24.3 Å². The zero-order chi connectivity index (χ0) is 22.2. The van der Waals surface area contributed by atoms with Crippen molar-refractivity contribution in [3.63, 3.8) is 0 Å². The Balaban J connectivity index is 1.48. The standard InChI is InChI=1S/C25H26FN3O3/c1-31-22-13-16-11-12-28(15-17(16)14-23(22)32-2)25(30)24-20-5-3-4-6-21(20)29(27-24)19-9-7-18(26)8-10-19/h7-10,13-14H,3-6,11-12,15H2,1-2H3. The summed E-state index contributed by atoms with van der Waals surface area (Å²) in [4.78, 5) is 15.5. The fourth-order valence-electron chi connectivity index (χ4n) is 4.77. The number of carbonyl (C=O) groups is 1. The molecule has 3 aromatic rings. The number of ether oxygens (including phenoxy) is 2. The number of fused-ring (bicyclic) bond motifs is 2. The van der Waals surface area contributed by atoms with E-state index in [4.69, 9.17) is 14.6 Å². The number of carbonyl (C=O) groups excluding carboxylic acids is 1. The van der Waals surface area contributed by atoms with E-state index < -0.39 is 0 Å². The lowest BCUT2D eigenvalue weighted by Crippen LogP contribution is -2.36. The van der Waals surface area contributed by atoms with Gasteiger partial charge >= 0.3 is 0 Å². The highest BCUT2D eigenvalue weighted by Gasteiger charge is 2.30. The van der Waals surface area contributed by atoms with Gasteiger partial charge in [-0.25, -0.2) is 9.07 Å². The van der Waals surface area contributed by atoms with Crippen molar-refractivity contribution in [1.29, 1.82) is 0 Å². The summed E-state index contributed by atoms with van der Waals surface area (Å²) in [7, 11) is 3.24. The maximum Gasteiger partial charge on any atom is 0.274 e. The molecule has 0 saturated carbocycles. The lowest BCUT2D eigenvalue weighted by Gasteiger charge is -2.29. The number of rotatable bonds is 4. The molecular weight excluding hydrogens is 409 g/mol. The Morgan fingerprint density at radius 3 is 2.38 bits per heavy atom. The molecule has 0 N–H and O–H groups in total. The molecule has 5 rings (SSSR count). The second-order valence-electron chi connectivity index (χ2n) is 8.32. The topological polar surface area (TPSA) is 56.6 Å². The third kappa shape index (κ3) is 3.51. The van der Waals surface area contributed by atoms with Crippen LogP contribution in [0.25, 0.3) is 5.69 Å². The van der Waals surface area contributed by atoms with Gasteiger partial charge in [-0.3, -0.25) is 4.79 Å². The highest BCUT2D eigenvalue weighted by Crippen LogP contribution is 2.34. The van der Waals surface area contributed by atoms with Crippen LogP contribution < -0.4 is 9.47 Å². The van der Waals surface area contributed by atoms with Crippen molar-refractivity contribution in [3.8, 4) is 17.2 Å². The Labute approximate surface area is 186 Å². The average molecular weight is 435 g/mol. The van der Waals surface area contributed by atoms with Gasteiger partial charge in [0.1, 0.15) is 5.82 Å². The molecule has 6 nitrogen and oxygen atoms in total. The Morgan fingerprint density at radius 2 is 1.66 bits per heavy atom. The van der Waals surface area contributed by atoms with E-state index in [1.807, 2.05) is 21.7 Å². The van der Waals surface area contributed by atoms with Crippen LogP contribution in [-0.4, -0.2) is 41.4 Å². The molecule has 0 fully saturated rings. The molecule has 2 heterocycles. The fraction of sp³-hybridized carbons (Fsp3) is 0.360. The number of aromatic nitrogens is 2. The molecule has 0 unspecified atom stereocenters. The maximum atomic E-state index is 13.6. The average Bonchev–Trinajstić information content (AvgIpc) is 3.22. The molecule has 7 heteroatoms. The van der Waals surface area contributed by atoms with Gasteiger partial charge < -0.3 is 14.4 Å². The van der Waals surface area contributed by atoms with Gasteiger partial charge in [-0.1, -0.05) is 0 Å².